The molecule has 1 aliphatic rings. The average molecular weight is 416 g/mol. The largest absolute Gasteiger partial charge is 0.370 e. The molecule has 0 radical (unpaired) electrons. The monoisotopic (exact) mass is 415 g/mol. The van der Waals surface area contributed by atoms with Gasteiger partial charge in [-0.05, 0) is 62.4 Å². The first-order valence-electron chi connectivity index (χ1n) is 10.1. The van der Waals surface area contributed by atoms with Gasteiger partial charge in [0, 0.05) is 30.9 Å². The molecule has 0 bridgehead atoms. The van der Waals surface area contributed by atoms with E-state index in [9.17, 15) is 13.2 Å². The van der Waals surface area contributed by atoms with Crippen LogP contribution < -0.4 is 14.9 Å². The number of para-hydroxylation sites is 1. The van der Waals surface area contributed by atoms with Gasteiger partial charge in [-0.2, -0.15) is 0 Å². The van der Waals surface area contributed by atoms with E-state index in [0.717, 1.165) is 42.7 Å². The predicted octanol–water partition coefficient (Wildman–Crippen LogP) is 3.84. The quantitative estimate of drug-likeness (QED) is 0.720. The van der Waals surface area contributed by atoms with Crippen molar-refractivity contribution in [3.63, 3.8) is 0 Å². The molecular formula is C22H29N3O3S. The standard InChI is InChI=1S/C22H29N3O3S/c1-4-12-23-29(27,28)20-15-18(10-11-19(20)25-13-5-6-14-25)22(26)24-21-16(2)8-7-9-17(21)3/h7-11,15,23H,4-6,12-14H2,1-3H3,(H,24,26). The molecule has 2 N–H and O–H groups in total. The zero-order chi connectivity index (χ0) is 21.0. The van der Waals surface area contributed by atoms with Crippen LogP contribution in [0.1, 0.15) is 47.7 Å². The minimum absolute atomic E-state index is 0.169. The minimum atomic E-state index is -3.71. The number of carbonyl (C=O) groups is 1. The summed E-state index contributed by atoms with van der Waals surface area (Å²) in [4.78, 5) is 15.1. The van der Waals surface area contributed by atoms with Gasteiger partial charge in [0.25, 0.3) is 5.91 Å². The van der Waals surface area contributed by atoms with Gasteiger partial charge in [-0.25, -0.2) is 13.1 Å². The molecule has 0 aromatic heterocycles. The smallest absolute Gasteiger partial charge is 0.255 e. The molecule has 1 heterocycles. The molecule has 1 saturated heterocycles. The highest BCUT2D eigenvalue weighted by Crippen LogP contribution is 2.30. The molecule has 0 atom stereocenters. The number of aryl methyl sites for hydroxylation is 2. The molecule has 0 unspecified atom stereocenters. The molecule has 7 heteroatoms. The summed E-state index contributed by atoms with van der Waals surface area (Å²) < 4.78 is 28.5. The summed E-state index contributed by atoms with van der Waals surface area (Å²) in [6.07, 6.45) is 2.78. The number of benzene rings is 2. The first-order chi connectivity index (χ1) is 13.8. The van der Waals surface area contributed by atoms with Crippen molar-refractivity contribution >= 4 is 27.3 Å². The van der Waals surface area contributed by atoms with Crippen LogP contribution in [-0.2, 0) is 10.0 Å². The van der Waals surface area contributed by atoms with E-state index in [1.807, 2.05) is 39.0 Å². The molecule has 2 aromatic rings. The van der Waals surface area contributed by atoms with Gasteiger partial charge in [-0.15, -0.1) is 0 Å². The van der Waals surface area contributed by atoms with E-state index in [2.05, 4.69) is 14.9 Å². The van der Waals surface area contributed by atoms with E-state index in [-0.39, 0.29) is 10.8 Å². The highest BCUT2D eigenvalue weighted by atomic mass is 32.2. The summed E-state index contributed by atoms with van der Waals surface area (Å²) in [5.41, 5.74) is 3.67. The lowest BCUT2D eigenvalue weighted by atomic mass is 10.1. The Labute approximate surface area is 173 Å². The van der Waals surface area contributed by atoms with E-state index in [0.29, 0.717) is 24.2 Å². The number of nitrogens with one attached hydrogen (secondary N) is 2. The fourth-order valence-electron chi connectivity index (χ4n) is 3.60. The molecule has 0 saturated carbocycles. The lowest BCUT2D eigenvalue weighted by molar-refractivity contribution is 0.102. The Kier molecular flexibility index (Phi) is 6.59. The van der Waals surface area contributed by atoms with E-state index in [1.165, 1.54) is 6.07 Å². The second-order valence-electron chi connectivity index (χ2n) is 7.50. The normalized spacial score (nSPS) is 14.2. The zero-order valence-corrected chi connectivity index (χ0v) is 18.1. The van der Waals surface area contributed by atoms with Crippen molar-refractivity contribution in [2.75, 3.05) is 29.9 Å². The Balaban J connectivity index is 1.98. The first kappa shape index (κ1) is 21.3. The number of amides is 1. The molecule has 6 nitrogen and oxygen atoms in total. The number of carbonyl (C=O) groups excluding carboxylic acids is 1. The Hall–Kier alpha value is -2.38. The maximum Gasteiger partial charge on any atom is 0.255 e. The number of sulfonamides is 1. The van der Waals surface area contributed by atoms with E-state index >= 15 is 0 Å². The van der Waals surface area contributed by atoms with Crippen molar-refractivity contribution in [2.45, 2.75) is 44.9 Å². The van der Waals surface area contributed by atoms with Crippen molar-refractivity contribution in [3.05, 3.63) is 53.1 Å². The third-order valence-corrected chi connectivity index (χ3v) is 6.71. The maximum absolute atomic E-state index is 12.9. The van der Waals surface area contributed by atoms with Crippen LogP contribution in [0.4, 0.5) is 11.4 Å². The number of rotatable bonds is 7. The molecule has 2 aromatic carbocycles. The maximum atomic E-state index is 12.9. The SMILES string of the molecule is CCCNS(=O)(=O)c1cc(C(=O)Nc2c(C)cccc2C)ccc1N1CCCC1. The summed E-state index contributed by atoms with van der Waals surface area (Å²) in [5, 5.41) is 2.94. The van der Waals surface area contributed by atoms with Crippen molar-refractivity contribution in [1.29, 1.82) is 0 Å². The summed E-state index contributed by atoms with van der Waals surface area (Å²) in [6.45, 7) is 7.79. The van der Waals surface area contributed by atoms with Crippen LogP contribution in [0.2, 0.25) is 0 Å². The molecule has 1 amide bonds. The topological polar surface area (TPSA) is 78.5 Å². The molecular weight excluding hydrogens is 386 g/mol. The van der Waals surface area contributed by atoms with Gasteiger partial charge in [0.15, 0.2) is 0 Å². The van der Waals surface area contributed by atoms with E-state index in [4.69, 9.17) is 0 Å². The Bertz CT molecular complexity index is 976. The van der Waals surface area contributed by atoms with Gasteiger partial charge in [-0.3, -0.25) is 4.79 Å². The molecule has 1 fully saturated rings. The van der Waals surface area contributed by atoms with Crippen LogP contribution in [-0.4, -0.2) is 34.0 Å². The van der Waals surface area contributed by atoms with Crippen LogP contribution in [0, 0.1) is 13.8 Å². The summed E-state index contributed by atoms with van der Waals surface area (Å²) in [6, 6.07) is 10.8. The fraction of sp³-hybridized carbons (Fsp3) is 0.409. The molecule has 1 aliphatic heterocycles. The summed E-state index contributed by atoms with van der Waals surface area (Å²) in [5.74, 6) is -0.317. The van der Waals surface area contributed by atoms with Gasteiger partial charge in [-0.1, -0.05) is 25.1 Å². The Morgan fingerprint density at radius 1 is 1.07 bits per heavy atom. The van der Waals surface area contributed by atoms with Crippen LogP contribution in [0.3, 0.4) is 0 Å². The number of anilines is 2. The second-order valence-corrected chi connectivity index (χ2v) is 9.23. The third-order valence-electron chi connectivity index (χ3n) is 5.22. The van der Waals surface area contributed by atoms with Crippen LogP contribution >= 0.6 is 0 Å². The lowest BCUT2D eigenvalue weighted by Crippen LogP contribution is -2.28. The van der Waals surface area contributed by atoms with Crippen LogP contribution in [0.5, 0.6) is 0 Å². The highest BCUT2D eigenvalue weighted by molar-refractivity contribution is 7.89. The number of nitrogens with zero attached hydrogens (tertiary/aromatic N) is 1. The van der Waals surface area contributed by atoms with Gasteiger partial charge in [0.1, 0.15) is 4.90 Å². The zero-order valence-electron chi connectivity index (χ0n) is 17.3. The fourth-order valence-corrected chi connectivity index (χ4v) is 4.98. The molecule has 156 valence electrons. The Morgan fingerprint density at radius 3 is 2.34 bits per heavy atom. The van der Waals surface area contributed by atoms with Gasteiger partial charge >= 0.3 is 0 Å². The molecule has 0 spiro atoms. The van der Waals surface area contributed by atoms with Crippen molar-refractivity contribution < 1.29 is 13.2 Å². The van der Waals surface area contributed by atoms with Crippen molar-refractivity contribution in [1.82, 2.24) is 4.72 Å². The first-order valence-corrected chi connectivity index (χ1v) is 11.6. The van der Waals surface area contributed by atoms with E-state index in [1.54, 1.807) is 12.1 Å². The van der Waals surface area contributed by atoms with Gasteiger partial charge in [0.2, 0.25) is 10.0 Å². The van der Waals surface area contributed by atoms with Gasteiger partial charge < -0.3 is 10.2 Å². The van der Waals surface area contributed by atoms with Crippen LogP contribution in [0.25, 0.3) is 0 Å². The molecule has 29 heavy (non-hydrogen) atoms. The highest BCUT2D eigenvalue weighted by Gasteiger charge is 2.25. The summed E-state index contributed by atoms with van der Waals surface area (Å²) in [7, 11) is -3.71. The summed E-state index contributed by atoms with van der Waals surface area (Å²) >= 11 is 0. The Morgan fingerprint density at radius 2 is 1.72 bits per heavy atom. The second kappa shape index (κ2) is 8.97. The number of hydrogen-bond acceptors (Lipinski definition) is 4. The third kappa shape index (κ3) is 4.79. The minimum Gasteiger partial charge on any atom is -0.370 e. The van der Waals surface area contributed by atoms with Crippen molar-refractivity contribution in [3.8, 4) is 0 Å². The van der Waals surface area contributed by atoms with Crippen LogP contribution in [0.15, 0.2) is 41.3 Å². The lowest BCUT2D eigenvalue weighted by Gasteiger charge is -2.22. The molecule has 3 rings (SSSR count). The molecule has 0 aliphatic carbocycles. The van der Waals surface area contributed by atoms with Crippen molar-refractivity contribution in [2.24, 2.45) is 0 Å². The number of hydrogen-bond donors (Lipinski definition) is 2. The predicted molar refractivity (Wildman–Crippen MR) is 117 cm³/mol. The average Bonchev–Trinajstić information content (AvgIpc) is 3.23. The van der Waals surface area contributed by atoms with E-state index < -0.39 is 10.0 Å². The van der Waals surface area contributed by atoms with Gasteiger partial charge in [0.05, 0.1) is 5.69 Å².